The zero-order chi connectivity index (χ0) is 13.7. The molecule has 1 saturated carbocycles. The molecule has 0 heterocycles. The second-order valence-corrected chi connectivity index (χ2v) is 6.38. The van der Waals surface area contributed by atoms with Crippen molar-refractivity contribution in [1.29, 1.82) is 0 Å². The second-order valence-electron chi connectivity index (χ2n) is 6.38. The van der Waals surface area contributed by atoms with Gasteiger partial charge in [0.05, 0.1) is 0 Å². The number of nitrogens with one attached hydrogen (secondary N) is 1. The number of rotatable bonds is 6. The normalized spacial score (nSPS) is 19.8. The molecule has 1 fully saturated rings. The Bertz CT molecular complexity index is 368. The summed E-state index contributed by atoms with van der Waals surface area (Å²) in [4.78, 5) is 0. The van der Waals surface area contributed by atoms with E-state index in [1.54, 1.807) is 0 Å². The maximum absolute atomic E-state index is 9.70. The van der Waals surface area contributed by atoms with E-state index in [1.165, 1.54) is 18.4 Å². The summed E-state index contributed by atoms with van der Waals surface area (Å²) in [7, 11) is 0. The molecule has 2 rings (SSSR count). The van der Waals surface area contributed by atoms with Crippen LogP contribution in [0.25, 0.3) is 0 Å². The third-order valence-electron chi connectivity index (χ3n) is 4.52. The molecule has 0 aliphatic heterocycles. The Morgan fingerprint density at radius 2 is 1.79 bits per heavy atom. The highest BCUT2D eigenvalue weighted by Gasteiger charge is 2.33. The van der Waals surface area contributed by atoms with Crippen molar-refractivity contribution in [2.45, 2.75) is 45.6 Å². The first-order chi connectivity index (χ1) is 9.17. The van der Waals surface area contributed by atoms with Gasteiger partial charge in [-0.2, -0.15) is 0 Å². The third kappa shape index (κ3) is 3.58. The van der Waals surface area contributed by atoms with Crippen molar-refractivity contribution in [3.8, 4) is 0 Å². The van der Waals surface area contributed by atoms with Crippen molar-refractivity contribution in [1.82, 2.24) is 5.32 Å². The van der Waals surface area contributed by atoms with Crippen molar-refractivity contribution >= 4 is 0 Å². The van der Waals surface area contributed by atoms with Crippen molar-refractivity contribution in [2.75, 3.05) is 13.2 Å². The topological polar surface area (TPSA) is 32.3 Å². The van der Waals surface area contributed by atoms with Gasteiger partial charge in [0.25, 0.3) is 0 Å². The molecule has 1 atom stereocenters. The third-order valence-corrected chi connectivity index (χ3v) is 4.52. The van der Waals surface area contributed by atoms with Crippen molar-refractivity contribution in [3.63, 3.8) is 0 Å². The van der Waals surface area contributed by atoms with Gasteiger partial charge in [0.15, 0.2) is 0 Å². The van der Waals surface area contributed by atoms with E-state index in [0.29, 0.717) is 18.6 Å². The molecule has 1 aliphatic carbocycles. The first kappa shape index (κ1) is 14.5. The average molecular weight is 261 g/mol. The second kappa shape index (κ2) is 6.53. The summed E-state index contributed by atoms with van der Waals surface area (Å²) < 4.78 is 0. The van der Waals surface area contributed by atoms with Crippen LogP contribution in [0.15, 0.2) is 30.3 Å². The fourth-order valence-electron chi connectivity index (χ4n) is 3.24. The summed E-state index contributed by atoms with van der Waals surface area (Å²) in [5.74, 6) is 0.555. The minimum atomic E-state index is 0.127. The molecule has 1 unspecified atom stereocenters. The van der Waals surface area contributed by atoms with Gasteiger partial charge in [-0.05, 0) is 24.3 Å². The van der Waals surface area contributed by atoms with Gasteiger partial charge < -0.3 is 10.4 Å². The predicted molar refractivity (Wildman–Crippen MR) is 80.0 cm³/mol. The Balaban J connectivity index is 2.02. The van der Waals surface area contributed by atoms with Crippen LogP contribution in [-0.4, -0.2) is 18.3 Å². The molecule has 0 saturated heterocycles. The SMILES string of the molecule is CC(C)C(NCC1(CO)CCCC1)c1ccccc1. The largest absolute Gasteiger partial charge is 0.396 e. The lowest BCUT2D eigenvalue weighted by Gasteiger charge is -2.31. The summed E-state index contributed by atoms with van der Waals surface area (Å²) in [6.07, 6.45) is 4.85. The quantitative estimate of drug-likeness (QED) is 0.821. The highest BCUT2D eigenvalue weighted by molar-refractivity contribution is 5.19. The molecule has 0 radical (unpaired) electrons. The Labute approximate surface area is 117 Å². The Morgan fingerprint density at radius 3 is 2.32 bits per heavy atom. The minimum absolute atomic E-state index is 0.127. The number of benzene rings is 1. The molecule has 2 N–H and O–H groups in total. The van der Waals surface area contributed by atoms with Crippen LogP contribution >= 0.6 is 0 Å². The Hall–Kier alpha value is -0.860. The van der Waals surface area contributed by atoms with Gasteiger partial charge in [0.2, 0.25) is 0 Å². The summed E-state index contributed by atoms with van der Waals surface area (Å²) >= 11 is 0. The first-order valence-electron chi connectivity index (χ1n) is 7.56. The molecule has 1 aliphatic rings. The van der Waals surface area contributed by atoms with Crippen LogP contribution in [-0.2, 0) is 0 Å². The number of hydrogen-bond acceptors (Lipinski definition) is 2. The minimum Gasteiger partial charge on any atom is -0.396 e. The van der Waals surface area contributed by atoms with E-state index in [1.807, 2.05) is 0 Å². The maximum Gasteiger partial charge on any atom is 0.0499 e. The lowest BCUT2D eigenvalue weighted by molar-refractivity contribution is 0.122. The van der Waals surface area contributed by atoms with E-state index in [-0.39, 0.29) is 5.41 Å². The zero-order valence-electron chi connectivity index (χ0n) is 12.2. The molecule has 2 heteroatoms. The van der Waals surface area contributed by atoms with Gasteiger partial charge in [-0.1, -0.05) is 57.0 Å². The van der Waals surface area contributed by atoms with E-state index in [4.69, 9.17) is 0 Å². The van der Waals surface area contributed by atoms with Gasteiger partial charge in [0.1, 0.15) is 0 Å². The number of aliphatic hydroxyl groups excluding tert-OH is 1. The van der Waals surface area contributed by atoms with Crippen LogP contribution in [0.3, 0.4) is 0 Å². The molecule has 0 amide bonds. The van der Waals surface area contributed by atoms with E-state index in [2.05, 4.69) is 49.5 Å². The van der Waals surface area contributed by atoms with Crippen LogP contribution in [0.1, 0.15) is 51.1 Å². The van der Waals surface area contributed by atoms with Crippen LogP contribution in [0, 0.1) is 11.3 Å². The van der Waals surface area contributed by atoms with Crippen LogP contribution < -0.4 is 5.32 Å². The molecule has 2 nitrogen and oxygen atoms in total. The van der Waals surface area contributed by atoms with Crippen molar-refractivity contribution in [2.24, 2.45) is 11.3 Å². The van der Waals surface area contributed by atoms with Gasteiger partial charge >= 0.3 is 0 Å². The lowest BCUT2D eigenvalue weighted by Crippen LogP contribution is -2.38. The molecule has 19 heavy (non-hydrogen) atoms. The van der Waals surface area contributed by atoms with E-state index < -0.39 is 0 Å². The van der Waals surface area contributed by atoms with Crippen LogP contribution in [0.4, 0.5) is 0 Å². The fraction of sp³-hybridized carbons (Fsp3) is 0.647. The van der Waals surface area contributed by atoms with Gasteiger partial charge in [0, 0.05) is 24.6 Å². The highest BCUT2D eigenvalue weighted by atomic mass is 16.3. The fourth-order valence-corrected chi connectivity index (χ4v) is 3.24. The molecular formula is C17H27NO. The molecule has 0 spiro atoms. The van der Waals surface area contributed by atoms with Gasteiger partial charge in [-0.3, -0.25) is 0 Å². The predicted octanol–water partition coefficient (Wildman–Crippen LogP) is 3.53. The number of hydrogen-bond donors (Lipinski definition) is 2. The van der Waals surface area contributed by atoms with Gasteiger partial charge in [-0.15, -0.1) is 0 Å². The maximum atomic E-state index is 9.70. The van der Waals surface area contributed by atoms with Crippen molar-refractivity contribution in [3.05, 3.63) is 35.9 Å². The molecular weight excluding hydrogens is 234 g/mol. The standard InChI is InChI=1S/C17H27NO/c1-14(2)16(15-8-4-3-5-9-15)18-12-17(13-19)10-6-7-11-17/h3-5,8-9,14,16,18-19H,6-7,10-13H2,1-2H3. The van der Waals surface area contributed by atoms with Gasteiger partial charge in [-0.25, -0.2) is 0 Å². The van der Waals surface area contributed by atoms with Crippen molar-refractivity contribution < 1.29 is 5.11 Å². The Morgan fingerprint density at radius 1 is 1.16 bits per heavy atom. The first-order valence-corrected chi connectivity index (χ1v) is 7.56. The molecule has 1 aromatic rings. The molecule has 106 valence electrons. The van der Waals surface area contributed by atoms with E-state index in [0.717, 1.165) is 19.4 Å². The summed E-state index contributed by atoms with van der Waals surface area (Å²) in [6, 6.07) is 11.0. The average Bonchev–Trinajstić information content (AvgIpc) is 2.89. The van der Waals surface area contributed by atoms with E-state index in [9.17, 15) is 5.11 Å². The molecule has 0 aromatic heterocycles. The summed E-state index contributed by atoms with van der Waals surface area (Å²) in [5, 5.41) is 13.4. The monoisotopic (exact) mass is 261 g/mol. The molecule has 1 aromatic carbocycles. The highest BCUT2D eigenvalue weighted by Crippen LogP contribution is 2.37. The molecule has 0 bridgehead atoms. The summed E-state index contributed by atoms with van der Waals surface area (Å²) in [6.45, 7) is 5.76. The Kier molecular flexibility index (Phi) is 5.00. The smallest absolute Gasteiger partial charge is 0.0499 e. The summed E-state index contributed by atoms with van der Waals surface area (Å²) in [5.41, 5.74) is 1.48. The zero-order valence-corrected chi connectivity index (χ0v) is 12.2. The van der Waals surface area contributed by atoms with Crippen LogP contribution in [0.5, 0.6) is 0 Å². The van der Waals surface area contributed by atoms with E-state index >= 15 is 0 Å². The number of aliphatic hydroxyl groups is 1. The lowest BCUT2D eigenvalue weighted by atomic mass is 9.86. The van der Waals surface area contributed by atoms with Crippen LogP contribution in [0.2, 0.25) is 0 Å².